The van der Waals surface area contributed by atoms with Crippen molar-refractivity contribution in [1.29, 1.82) is 0 Å². The van der Waals surface area contributed by atoms with Crippen molar-refractivity contribution in [3.8, 4) is 11.3 Å². The van der Waals surface area contributed by atoms with Gasteiger partial charge in [-0.25, -0.2) is 9.97 Å². The molecule has 0 saturated carbocycles. The number of rotatable bonds is 8. The van der Waals surface area contributed by atoms with E-state index in [1.54, 1.807) is 6.33 Å². The van der Waals surface area contributed by atoms with Gasteiger partial charge in [0.1, 0.15) is 12.0 Å². The fourth-order valence-electron chi connectivity index (χ4n) is 5.51. The van der Waals surface area contributed by atoms with Crippen LogP contribution in [0.5, 0.6) is 0 Å². The molecule has 0 amide bonds. The number of anilines is 1. The SMILES string of the molecule is C=C(Nc1ccc(-c2cc3c(CC)ncnc3[nH]2)cc1)c1cc(CN2CCC(N)C2)ccn1.CCC1CCCN1. The molecule has 0 radical (unpaired) electrons. The largest absolute Gasteiger partial charge is 0.354 e. The van der Waals surface area contributed by atoms with E-state index < -0.39 is 0 Å². The molecule has 3 aromatic heterocycles. The Kier molecular flexibility index (Phi) is 9.21. The van der Waals surface area contributed by atoms with Gasteiger partial charge in [-0.05, 0) is 80.1 Å². The van der Waals surface area contributed by atoms with Crippen molar-refractivity contribution >= 4 is 22.4 Å². The Morgan fingerprint density at radius 2 is 1.95 bits per heavy atom. The summed E-state index contributed by atoms with van der Waals surface area (Å²) in [6.45, 7) is 12.7. The van der Waals surface area contributed by atoms with Gasteiger partial charge < -0.3 is 21.4 Å². The van der Waals surface area contributed by atoms with Gasteiger partial charge >= 0.3 is 0 Å². The Morgan fingerprint density at radius 3 is 2.62 bits per heavy atom. The Balaban J connectivity index is 0.000000403. The Bertz CT molecular complexity index is 1400. The molecule has 40 heavy (non-hydrogen) atoms. The number of likely N-dealkylation sites (tertiary alicyclic amines) is 1. The number of aryl methyl sites for hydroxylation is 1. The van der Waals surface area contributed by atoms with E-state index in [4.69, 9.17) is 5.73 Å². The number of hydrogen-bond donors (Lipinski definition) is 4. The molecule has 1 aromatic carbocycles. The maximum atomic E-state index is 6.04. The average molecular weight is 539 g/mol. The van der Waals surface area contributed by atoms with E-state index >= 15 is 0 Å². The molecule has 2 fully saturated rings. The van der Waals surface area contributed by atoms with Crippen molar-refractivity contribution in [2.24, 2.45) is 5.73 Å². The van der Waals surface area contributed by atoms with Gasteiger partial charge in [0.05, 0.1) is 17.1 Å². The summed E-state index contributed by atoms with van der Waals surface area (Å²) >= 11 is 0. The fourth-order valence-corrected chi connectivity index (χ4v) is 5.51. The zero-order chi connectivity index (χ0) is 27.9. The third-order valence-electron chi connectivity index (χ3n) is 7.84. The number of aromatic amines is 1. The lowest BCUT2D eigenvalue weighted by Crippen LogP contribution is -2.26. The van der Waals surface area contributed by atoms with Crippen LogP contribution in [0.3, 0.4) is 0 Å². The van der Waals surface area contributed by atoms with E-state index in [0.29, 0.717) is 0 Å². The molecule has 210 valence electrons. The average Bonchev–Trinajstić information content (AvgIpc) is 3.75. The summed E-state index contributed by atoms with van der Waals surface area (Å²) in [4.78, 5) is 19.0. The summed E-state index contributed by atoms with van der Waals surface area (Å²) < 4.78 is 0. The first-order chi connectivity index (χ1) is 19.5. The maximum Gasteiger partial charge on any atom is 0.141 e. The van der Waals surface area contributed by atoms with Gasteiger partial charge in [-0.1, -0.05) is 32.6 Å². The van der Waals surface area contributed by atoms with Crippen LogP contribution in [0.15, 0.2) is 61.6 Å². The monoisotopic (exact) mass is 538 g/mol. The number of nitrogens with one attached hydrogen (secondary N) is 3. The highest BCUT2D eigenvalue weighted by atomic mass is 15.2. The molecule has 5 heterocycles. The molecule has 0 aliphatic carbocycles. The van der Waals surface area contributed by atoms with Crippen LogP contribution in [0.2, 0.25) is 0 Å². The van der Waals surface area contributed by atoms with E-state index in [0.717, 1.165) is 83.6 Å². The predicted octanol–water partition coefficient (Wildman–Crippen LogP) is 5.35. The summed E-state index contributed by atoms with van der Waals surface area (Å²) in [6.07, 6.45) is 9.49. The topological polar surface area (TPSA) is 108 Å². The Labute approximate surface area is 237 Å². The number of aromatic nitrogens is 4. The van der Waals surface area contributed by atoms with Crippen LogP contribution in [-0.2, 0) is 13.0 Å². The van der Waals surface area contributed by atoms with Gasteiger partial charge in [0.15, 0.2) is 0 Å². The van der Waals surface area contributed by atoms with Crippen molar-refractivity contribution in [1.82, 2.24) is 30.2 Å². The lowest BCUT2D eigenvalue weighted by atomic mass is 10.1. The van der Waals surface area contributed by atoms with Crippen molar-refractivity contribution < 1.29 is 0 Å². The molecular weight excluding hydrogens is 496 g/mol. The molecule has 2 aliphatic heterocycles. The summed E-state index contributed by atoms with van der Waals surface area (Å²) in [5, 5.41) is 7.87. The van der Waals surface area contributed by atoms with Crippen molar-refractivity contribution in [3.63, 3.8) is 0 Å². The quantitative estimate of drug-likeness (QED) is 0.240. The predicted molar refractivity (Wildman–Crippen MR) is 165 cm³/mol. The van der Waals surface area contributed by atoms with Crippen LogP contribution in [0.1, 0.15) is 56.5 Å². The molecule has 2 unspecified atom stereocenters. The minimum Gasteiger partial charge on any atom is -0.354 e. The number of hydrogen-bond acceptors (Lipinski definition) is 7. The lowest BCUT2D eigenvalue weighted by molar-refractivity contribution is 0.327. The number of fused-ring (bicyclic) bond motifs is 1. The smallest absolute Gasteiger partial charge is 0.141 e. The molecule has 0 spiro atoms. The standard InChI is InChI=1S/C26H29N7.C6H13N/c1-3-23-22-13-25(32-26(22)30-16-29-23)19-4-6-21(7-5-19)31-17(2)24-12-18(8-10-28-24)14-33-11-9-20(27)15-33;1-2-6-4-3-5-7-6/h4-8,10,12-13,16,20,31H,2-3,9,11,14-15,27H2,1H3,(H,29,30,32);6-7H,2-5H2,1H3. The van der Waals surface area contributed by atoms with E-state index in [2.05, 4.69) is 86.2 Å². The molecular formula is C32H42N8. The van der Waals surface area contributed by atoms with E-state index in [-0.39, 0.29) is 6.04 Å². The maximum absolute atomic E-state index is 6.04. The first-order valence-electron chi connectivity index (χ1n) is 14.6. The van der Waals surface area contributed by atoms with E-state index in [1.807, 2.05) is 18.3 Å². The van der Waals surface area contributed by atoms with Crippen molar-refractivity contribution in [2.75, 3.05) is 25.0 Å². The van der Waals surface area contributed by atoms with Crippen molar-refractivity contribution in [2.45, 2.75) is 64.6 Å². The number of nitrogens with zero attached hydrogens (tertiary/aromatic N) is 4. The van der Waals surface area contributed by atoms with Gasteiger partial charge in [0.2, 0.25) is 0 Å². The highest BCUT2D eigenvalue weighted by molar-refractivity contribution is 5.85. The third kappa shape index (κ3) is 6.94. The van der Waals surface area contributed by atoms with Gasteiger partial charge in [-0.15, -0.1) is 0 Å². The summed E-state index contributed by atoms with van der Waals surface area (Å²) in [5.41, 5.74) is 13.9. The minimum atomic E-state index is 0.289. The molecule has 2 saturated heterocycles. The first kappa shape index (κ1) is 28.0. The first-order valence-corrected chi connectivity index (χ1v) is 14.6. The molecule has 0 bridgehead atoms. The Morgan fingerprint density at radius 1 is 1.10 bits per heavy atom. The van der Waals surface area contributed by atoms with Crippen molar-refractivity contribution in [3.05, 3.63) is 78.5 Å². The molecule has 4 aromatic rings. The summed E-state index contributed by atoms with van der Waals surface area (Å²) in [5.74, 6) is 0. The van der Waals surface area contributed by atoms with Gasteiger partial charge in [0.25, 0.3) is 0 Å². The fraction of sp³-hybridized carbons (Fsp3) is 0.406. The molecule has 2 aliphatic rings. The Hall–Kier alpha value is -3.59. The van der Waals surface area contributed by atoms with Gasteiger partial charge in [-0.2, -0.15) is 0 Å². The molecule has 8 nitrogen and oxygen atoms in total. The summed E-state index contributed by atoms with van der Waals surface area (Å²) in [7, 11) is 0. The van der Waals surface area contributed by atoms with Crippen LogP contribution in [-0.4, -0.2) is 56.6 Å². The number of nitrogens with two attached hydrogens (primary N) is 1. The van der Waals surface area contributed by atoms with Crippen LogP contribution < -0.4 is 16.4 Å². The van der Waals surface area contributed by atoms with Crippen LogP contribution >= 0.6 is 0 Å². The minimum absolute atomic E-state index is 0.289. The van der Waals surface area contributed by atoms with Crippen LogP contribution in [0, 0.1) is 0 Å². The second-order valence-electron chi connectivity index (χ2n) is 10.8. The third-order valence-corrected chi connectivity index (χ3v) is 7.84. The number of H-pyrrole nitrogens is 1. The zero-order valence-corrected chi connectivity index (χ0v) is 23.8. The molecule has 2 atom stereocenters. The number of pyridine rings is 1. The number of benzene rings is 1. The van der Waals surface area contributed by atoms with E-state index in [9.17, 15) is 0 Å². The zero-order valence-electron chi connectivity index (χ0n) is 23.8. The van der Waals surface area contributed by atoms with Gasteiger partial charge in [0, 0.05) is 54.7 Å². The molecule has 8 heteroatoms. The molecule has 6 rings (SSSR count). The normalized spacial score (nSPS) is 19.0. The highest BCUT2D eigenvalue weighted by Gasteiger charge is 2.19. The highest BCUT2D eigenvalue weighted by Crippen LogP contribution is 2.27. The van der Waals surface area contributed by atoms with Crippen LogP contribution in [0.25, 0.3) is 28.0 Å². The van der Waals surface area contributed by atoms with E-state index in [1.165, 1.54) is 31.4 Å². The van der Waals surface area contributed by atoms with Crippen LogP contribution in [0.4, 0.5) is 5.69 Å². The summed E-state index contributed by atoms with van der Waals surface area (Å²) in [6, 6.07) is 15.7. The second-order valence-corrected chi connectivity index (χ2v) is 10.8. The second kappa shape index (κ2) is 13.2. The van der Waals surface area contributed by atoms with Gasteiger partial charge in [-0.3, -0.25) is 9.88 Å². The molecule has 5 N–H and O–H groups in total. The lowest BCUT2D eigenvalue weighted by Gasteiger charge is -2.16.